The number of carbonyl (C=O) groups excluding carboxylic acids is 1. The van der Waals surface area contributed by atoms with Gasteiger partial charge in [-0.25, -0.2) is 9.18 Å². The number of nitrogens with two attached hydrogens (primary N) is 1. The molecular weight excluding hydrogens is 297 g/mol. The number of nitrogens with one attached hydrogen (secondary N) is 1. The molecule has 128 valence electrons. The molecule has 1 aromatic rings. The Morgan fingerprint density at radius 2 is 2.17 bits per heavy atom. The smallest absolute Gasteiger partial charge is 0.410 e. The molecule has 0 spiro atoms. The van der Waals surface area contributed by atoms with Gasteiger partial charge in [-0.2, -0.15) is 0 Å². The monoisotopic (exact) mass is 323 g/mol. The molecule has 1 aromatic carbocycles. The van der Waals surface area contributed by atoms with E-state index in [4.69, 9.17) is 10.6 Å². The predicted molar refractivity (Wildman–Crippen MR) is 87.1 cm³/mol. The molecule has 1 amide bonds. The zero-order chi connectivity index (χ0) is 17.2. The number of rotatable bonds is 3. The van der Waals surface area contributed by atoms with Crippen molar-refractivity contribution in [1.29, 1.82) is 0 Å². The maximum atomic E-state index is 13.3. The van der Waals surface area contributed by atoms with Crippen LogP contribution in [0.5, 0.6) is 0 Å². The fourth-order valence-corrected chi connectivity index (χ4v) is 3.02. The zero-order valence-corrected chi connectivity index (χ0v) is 14.2. The quantitative estimate of drug-likeness (QED) is 0.663. The van der Waals surface area contributed by atoms with Crippen LogP contribution < -0.4 is 11.3 Å². The van der Waals surface area contributed by atoms with Crippen LogP contribution >= 0.6 is 0 Å². The third-order valence-corrected chi connectivity index (χ3v) is 4.09. The van der Waals surface area contributed by atoms with Crippen molar-refractivity contribution in [2.45, 2.75) is 45.8 Å². The summed E-state index contributed by atoms with van der Waals surface area (Å²) in [5.41, 5.74) is 4.13. The van der Waals surface area contributed by atoms with Gasteiger partial charge in [-0.15, -0.1) is 0 Å². The molecule has 5 nitrogen and oxygen atoms in total. The molecule has 0 aromatic heterocycles. The summed E-state index contributed by atoms with van der Waals surface area (Å²) in [6.45, 7) is 8.63. The van der Waals surface area contributed by atoms with Gasteiger partial charge >= 0.3 is 6.09 Å². The molecule has 23 heavy (non-hydrogen) atoms. The van der Waals surface area contributed by atoms with Gasteiger partial charge in [0.05, 0.1) is 6.04 Å². The Morgan fingerprint density at radius 3 is 2.74 bits per heavy atom. The predicted octanol–water partition coefficient (Wildman–Crippen LogP) is 2.90. The van der Waals surface area contributed by atoms with Gasteiger partial charge in [-0.3, -0.25) is 11.3 Å². The number of ether oxygens (including phenoxy) is 1. The number of hydrogen-bond acceptors (Lipinski definition) is 4. The van der Waals surface area contributed by atoms with E-state index in [-0.39, 0.29) is 23.9 Å². The average molecular weight is 323 g/mol. The Kier molecular flexibility index (Phi) is 5.26. The van der Waals surface area contributed by atoms with Crippen molar-refractivity contribution in [1.82, 2.24) is 10.3 Å². The van der Waals surface area contributed by atoms with E-state index in [1.165, 1.54) is 12.1 Å². The van der Waals surface area contributed by atoms with Gasteiger partial charge in [0, 0.05) is 13.1 Å². The lowest BCUT2D eigenvalue weighted by atomic mass is 9.90. The number of benzene rings is 1. The van der Waals surface area contributed by atoms with E-state index >= 15 is 0 Å². The fourth-order valence-electron chi connectivity index (χ4n) is 3.02. The van der Waals surface area contributed by atoms with E-state index in [0.29, 0.717) is 13.1 Å². The minimum atomic E-state index is -0.506. The van der Waals surface area contributed by atoms with Crippen molar-refractivity contribution >= 4 is 6.09 Å². The van der Waals surface area contributed by atoms with Crippen LogP contribution in [0.1, 0.15) is 44.4 Å². The molecule has 2 atom stereocenters. The highest BCUT2D eigenvalue weighted by atomic mass is 19.1. The third kappa shape index (κ3) is 4.42. The summed E-state index contributed by atoms with van der Waals surface area (Å²) in [5, 5.41) is 0. The summed E-state index contributed by atoms with van der Waals surface area (Å²) in [6, 6.07) is 4.57. The number of hydrogen-bond donors (Lipinski definition) is 2. The number of amides is 1. The largest absolute Gasteiger partial charge is 0.444 e. The van der Waals surface area contributed by atoms with Crippen molar-refractivity contribution < 1.29 is 13.9 Å². The molecule has 0 radical (unpaired) electrons. The second-order valence-corrected chi connectivity index (χ2v) is 7.12. The molecule has 1 fully saturated rings. The summed E-state index contributed by atoms with van der Waals surface area (Å²) in [5.74, 6) is 5.64. The molecule has 1 aliphatic heterocycles. The van der Waals surface area contributed by atoms with Crippen LogP contribution in [0.25, 0.3) is 0 Å². The van der Waals surface area contributed by atoms with E-state index in [2.05, 4.69) is 5.43 Å². The topological polar surface area (TPSA) is 67.6 Å². The van der Waals surface area contributed by atoms with E-state index in [1.54, 1.807) is 11.0 Å². The van der Waals surface area contributed by atoms with Gasteiger partial charge in [0.1, 0.15) is 11.4 Å². The summed E-state index contributed by atoms with van der Waals surface area (Å²) in [4.78, 5) is 13.9. The molecule has 2 unspecified atom stereocenters. The highest BCUT2D eigenvalue weighted by molar-refractivity contribution is 5.68. The Morgan fingerprint density at radius 1 is 1.48 bits per heavy atom. The van der Waals surface area contributed by atoms with Crippen molar-refractivity contribution in [3.05, 3.63) is 35.1 Å². The second kappa shape index (κ2) is 6.84. The van der Waals surface area contributed by atoms with Crippen LogP contribution in [0.15, 0.2) is 18.2 Å². The summed E-state index contributed by atoms with van der Waals surface area (Å²) in [6.07, 6.45) is 0.525. The lowest BCUT2D eigenvalue weighted by Gasteiger charge is -2.27. The van der Waals surface area contributed by atoms with Crippen molar-refractivity contribution in [3.63, 3.8) is 0 Å². The maximum absolute atomic E-state index is 13.3. The van der Waals surface area contributed by atoms with Crippen LogP contribution in [0.2, 0.25) is 0 Å². The summed E-state index contributed by atoms with van der Waals surface area (Å²) < 4.78 is 18.7. The first-order chi connectivity index (χ1) is 10.7. The summed E-state index contributed by atoms with van der Waals surface area (Å²) in [7, 11) is 0. The van der Waals surface area contributed by atoms with Gasteiger partial charge in [0.25, 0.3) is 0 Å². The molecule has 6 heteroatoms. The molecule has 1 saturated heterocycles. The molecular formula is C17H26FN3O2. The van der Waals surface area contributed by atoms with Crippen molar-refractivity contribution in [3.8, 4) is 0 Å². The molecule has 0 aliphatic carbocycles. The van der Waals surface area contributed by atoms with Gasteiger partial charge in [0.2, 0.25) is 0 Å². The fraction of sp³-hybridized carbons (Fsp3) is 0.588. The number of halogens is 1. The first-order valence-corrected chi connectivity index (χ1v) is 7.91. The first kappa shape index (κ1) is 17.7. The maximum Gasteiger partial charge on any atom is 0.410 e. The SMILES string of the molecule is Cc1cc(F)ccc1C(NN)C1CCN(C(=O)OC(C)(C)C)C1. The van der Waals surface area contributed by atoms with E-state index < -0.39 is 5.60 Å². The minimum Gasteiger partial charge on any atom is -0.444 e. The standard InChI is InChI=1S/C17H26FN3O2/c1-11-9-13(18)5-6-14(11)15(20-19)12-7-8-21(10-12)16(22)23-17(2,3)4/h5-6,9,12,15,20H,7-8,10,19H2,1-4H3. The van der Waals surface area contributed by atoms with Gasteiger partial charge in [-0.05, 0) is 63.3 Å². The average Bonchev–Trinajstić information content (AvgIpc) is 2.90. The van der Waals surface area contributed by atoms with Crippen LogP contribution in [0.4, 0.5) is 9.18 Å². The number of carbonyl (C=O) groups is 1. The molecule has 0 saturated carbocycles. The van der Waals surface area contributed by atoms with Crippen LogP contribution in [0, 0.1) is 18.7 Å². The van der Waals surface area contributed by atoms with Crippen LogP contribution in [-0.2, 0) is 4.74 Å². The number of likely N-dealkylation sites (tertiary alicyclic amines) is 1. The zero-order valence-electron chi connectivity index (χ0n) is 14.2. The van der Waals surface area contributed by atoms with Crippen molar-refractivity contribution in [2.75, 3.05) is 13.1 Å². The Hall–Kier alpha value is -1.66. The second-order valence-electron chi connectivity index (χ2n) is 7.12. The highest BCUT2D eigenvalue weighted by Gasteiger charge is 2.34. The van der Waals surface area contributed by atoms with Gasteiger partial charge < -0.3 is 9.64 Å². The van der Waals surface area contributed by atoms with Gasteiger partial charge in [-0.1, -0.05) is 6.07 Å². The number of aryl methyl sites for hydroxylation is 1. The first-order valence-electron chi connectivity index (χ1n) is 7.91. The molecule has 3 N–H and O–H groups in total. The lowest BCUT2D eigenvalue weighted by Crippen LogP contribution is -2.38. The van der Waals surface area contributed by atoms with Crippen molar-refractivity contribution in [2.24, 2.45) is 11.8 Å². The summed E-state index contributed by atoms with van der Waals surface area (Å²) >= 11 is 0. The van der Waals surface area contributed by atoms with Gasteiger partial charge in [0.15, 0.2) is 0 Å². The highest BCUT2D eigenvalue weighted by Crippen LogP contribution is 2.32. The Balaban J connectivity index is 2.08. The Bertz CT molecular complexity index is 571. The Labute approximate surface area is 137 Å². The molecule has 2 rings (SSSR count). The molecule has 0 bridgehead atoms. The molecule has 1 heterocycles. The van der Waals surface area contributed by atoms with Crippen LogP contribution in [0.3, 0.4) is 0 Å². The minimum absolute atomic E-state index is 0.122. The molecule has 1 aliphatic rings. The van der Waals surface area contributed by atoms with Crippen LogP contribution in [-0.4, -0.2) is 29.7 Å². The number of hydrazine groups is 1. The lowest BCUT2D eigenvalue weighted by molar-refractivity contribution is 0.0285. The normalized spacial score (nSPS) is 19.7. The van der Waals surface area contributed by atoms with E-state index in [9.17, 15) is 9.18 Å². The van der Waals surface area contributed by atoms with E-state index in [0.717, 1.165) is 17.5 Å². The van der Waals surface area contributed by atoms with E-state index in [1.807, 2.05) is 27.7 Å². The third-order valence-electron chi connectivity index (χ3n) is 4.09. The number of nitrogens with zero attached hydrogens (tertiary/aromatic N) is 1.